The smallest absolute Gasteiger partial charge is 0.387 e. The van der Waals surface area contributed by atoms with Crippen molar-refractivity contribution in [1.29, 1.82) is 0 Å². The number of nitrogens with zero attached hydrogens (tertiary/aromatic N) is 1. The second-order valence-corrected chi connectivity index (χ2v) is 6.09. The van der Waals surface area contributed by atoms with Crippen LogP contribution in [-0.4, -0.2) is 64.0 Å². The first-order chi connectivity index (χ1) is 13.0. The summed E-state index contributed by atoms with van der Waals surface area (Å²) < 4.78 is 45.6. The minimum absolute atomic E-state index is 0.0120. The van der Waals surface area contributed by atoms with Crippen LogP contribution >= 0.6 is 0 Å². The highest BCUT2D eigenvalue weighted by Crippen LogP contribution is 2.40. The van der Waals surface area contributed by atoms with E-state index < -0.39 is 6.61 Å². The molecule has 1 fully saturated rings. The van der Waals surface area contributed by atoms with Gasteiger partial charge in [-0.2, -0.15) is 8.78 Å². The quantitative estimate of drug-likeness (QED) is 0.654. The lowest BCUT2D eigenvalue weighted by atomic mass is 10.1. The lowest BCUT2D eigenvalue weighted by Crippen LogP contribution is -2.41. The first-order valence-corrected chi connectivity index (χ1v) is 8.82. The van der Waals surface area contributed by atoms with E-state index in [9.17, 15) is 13.6 Å². The molecule has 1 amide bonds. The Kier molecular flexibility index (Phi) is 8.05. The van der Waals surface area contributed by atoms with Crippen LogP contribution in [0.5, 0.6) is 17.2 Å². The number of methoxy groups -OCH3 is 2. The van der Waals surface area contributed by atoms with Crippen molar-refractivity contribution >= 4 is 5.91 Å². The molecule has 1 aromatic carbocycles. The molecule has 7 nitrogen and oxygen atoms in total. The maximum atomic E-state index is 12.8. The van der Waals surface area contributed by atoms with Crippen molar-refractivity contribution in [3.05, 3.63) is 17.7 Å². The van der Waals surface area contributed by atoms with Crippen molar-refractivity contribution < 1.29 is 32.5 Å². The molecule has 0 bridgehead atoms. The fourth-order valence-corrected chi connectivity index (χ4v) is 2.95. The van der Waals surface area contributed by atoms with E-state index >= 15 is 0 Å². The number of amides is 1. The normalized spacial score (nSPS) is 15.1. The fraction of sp³-hybridized carbons (Fsp3) is 0.611. The predicted molar refractivity (Wildman–Crippen MR) is 94.7 cm³/mol. The Morgan fingerprint density at radius 3 is 2.30 bits per heavy atom. The van der Waals surface area contributed by atoms with Gasteiger partial charge in [0.1, 0.15) is 0 Å². The number of carbonyl (C=O) groups excluding carboxylic acids is 1. The van der Waals surface area contributed by atoms with Gasteiger partial charge in [-0.15, -0.1) is 0 Å². The second kappa shape index (κ2) is 10.3. The summed E-state index contributed by atoms with van der Waals surface area (Å²) >= 11 is 0. The number of carbonyl (C=O) groups is 1. The van der Waals surface area contributed by atoms with Gasteiger partial charge in [0, 0.05) is 25.3 Å². The van der Waals surface area contributed by atoms with Gasteiger partial charge in [-0.25, -0.2) is 0 Å². The van der Waals surface area contributed by atoms with E-state index in [1.807, 2.05) is 0 Å². The monoisotopic (exact) mass is 388 g/mol. The van der Waals surface area contributed by atoms with Crippen molar-refractivity contribution in [2.24, 2.45) is 5.73 Å². The summed E-state index contributed by atoms with van der Waals surface area (Å²) in [5, 5.41) is 0. The molecule has 2 rings (SSSR count). The van der Waals surface area contributed by atoms with Gasteiger partial charge < -0.3 is 29.6 Å². The standard InChI is InChI=1S/C18H26F2N2O5/c1-24-14-10-12(11-15(25-2)16(14)27-18(19)20)17(23)22-7-4-13(5-8-22)26-9-3-6-21/h10-11,13,18H,3-9,21H2,1-2H3. The van der Waals surface area contributed by atoms with Gasteiger partial charge in [0.05, 0.1) is 20.3 Å². The highest BCUT2D eigenvalue weighted by Gasteiger charge is 2.26. The molecule has 1 aliphatic rings. The highest BCUT2D eigenvalue weighted by molar-refractivity contribution is 5.95. The van der Waals surface area contributed by atoms with Crippen LogP contribution in [0, 0.1) is 0 Å². The van der Waals surface area contributed by atoms with Gasteiger partial charge in [-0.05, 0) is 37.9 Å². The largest absolute Gasteiger partial charge is 0.493 e. The van der Waals surface area contributed by atoms with Crippen LogP contribution in [0.2, 0.25) is 0 Å². The lowest BCUT2D eigenvalue weighted by Gasteiger charge is -2.32. The number of alkyl halides is 2. The maximum absolute atomic E-state index is 12.8. The number of halogens is 2. The first-order valence-electron chi connectivity index (χ1n) is 8.82. The zero-order chi connectivity index (χ0) is 19.8. The minimum Gasteiger partial charge on any atom is -0.493 e. The van der Waals surface area contributed by atoms with E-state index in [1.54, 1.807) is 4.90 Å². The Morgan fingerprint density at radius 2 is 1.81 bits per heavy atom. The van der Waals surface area contributed by atoms with Crippen molar-refractivity contribution in [2.75, 3.05) is 40.5 Å². The van der Waals surface area contributed by atoms with Gasteiger partial charge in [0.25, 0.3) is 5.91 Å². The number of ether oxygens (including phenoxy) is 4. The molecular formula is C18H26F2N2O5. The molecule has 0 aromatic heterocycles. The SMILES string of the molecule is COc1cc(C(=O)N2CCC(OCCCN)CC2)cc(OC)c1OC(F)F. The number of hydrogen-bond acceptors (Lipinski definition) is 6. The van der Waals surface area contributed by atoms with Crippen LogP contribution in [0.25, 0.3) is 0 Å². The summed E-state index contributed by atoms with van der Waals surface area (Å²) in [6.45, 7) is -0.730. The molecule has 0 saturated carbocycles. The summed E-state index contributed by atoms with van der Waals surface area (Å²) in [5.41, 5.74) is 5.74. The number of piperidine rings is 1. The average molecular weight is 388 g/mol. The van der Waals surface area contributed by atoms with E-state index in [-0.39, 0.29) is 34.8 Å². The molecule has 0 radical (unpaired) electrons. The summed E-state index contributed by atoms with van der Waals surface area (Å²) in [7, 11) is 2.62. The molecule has 1 aliphatic heterocycles. The molecule has 1 saturated heterocycles. The maximum Gasteiger partial charge on any atom is 0.387 e. The third-order valence-corrected chi connectivity index (χ3v) is 4.35. The Labute approximate surface area is 157 Å². The van der Waals surface area contributed by atoms with Gasteiger partial charge in [-0.3, -0.25) is 4.79 Å². The third kappa shape index (κ3) is 5.67. The number of likely N-dealkylation sites (tertiary alicyclic amines) is 1. The Balaban J connectivity index is 2.08. The van der Waals surface area contributed by atoms with Crippen molar-refractivity contribution in [3.8, 4) is 17.2 Å². The molecule has 9 heteroatoms. The zero-order valence-electron chi connectivity index (χ0n) is 15.6. The minimum atomic E-state index is -3.03. The van der Waals surface area contributed by atoms with Crippen LogP contribution in [0.15, 0.2) is 12.1 Å². The number of hydrogen-bond donors (Lipinski definition) is 1. The molecule has 2 N–H and O–H groups in total. The summed E-state index contributed by atoms with van der Waals surface area (Å²) in [6, 6.07) is 2.76. The molecule has 1 aromatic rings. The van der Waals surface area contributed by atoms with Gasteiger partial charge in [0.15, 0.2) is 11.5 Å². The zero-order valence-corrected chi connectivity index (χ0v) is 15.6. The molecule has 0 spiro atoms. The average Bonchev–Trinajstić information content (AvgIpc) is 2.67. The molecule has 1 heterocycles. The molecule has 152 valence electrons. The Hall–Kier alpha value is -2.13. The Bertz CT molecular complexity index is 597. The first kappa shape index (κ1) is 21.2. The Morgan fingerprint density at radius 1 is 1.22 bits per heavy atom. The fourth-order valence-electron chi connectivity index (χ4n) is 2.95. The van der Waals surface area contributed by atoms with E-state index in [2.05, 4.69) is 4.74 Å². The number of nitrogens with two attached hydrogens (primary N) is 1. The topological polar surface area (TPSA) is 83.2 Å². The van der Waals surface area contributed by atoms with Gasteiger partial charge in [0.2, 0.25) is 5.75 Å². The van der Waals surface area contributed by atoms with Crippen molar-refractivity contribution in [1.82, 2.24) is 4.90 Å². The van der Waals surface area contributed by atoms with Crippen molar-refractivity contribution in [3.63, 3.8) is 0 Å². The van der Waals surface area contributed by atoms with Crippen molar-refractivity contribution in [2.45, 2.75) is 32.0 Å². The number of benzene rings is 1. The van der Waals surface area contributed by atoms with Crippen LogP contribution in [0.4, 0.5) is 8.78 Å². The van der Waals surface area contributed by atoms with Crippen LogP contribution < -0.4 is 19.9 Å². The van der Waals surface area contributed by atoms with E-state index in [1.165, 1.54) is 26.4 Å². The van der Waals surface area contributed by atoms with Crippen LogP contribution in [0.1, 0.15) is 29.6 Å². The van der Waals surface area contributed by atoms with E-state index in [0.29, 0.717) is 26.2 Å². The highest BCUT2D eigenvalue weighted by atomic mass is 19.3. The summed E-state index contributed by atoms with van der Waals surface area (Å²) in [5.74, 6) is -0.440. The lowest BCUT2D eigenvalue weighted by molar-refractivity contribution is -0.0526. The summed E-state index contributed by atoms with van der Waals surface area (Å²) in [4.78, 5) is 14.5. The third-order valence-electron chi connectivity index (χ3n) is 4.35. The molecule has 27 heavy (non-hydrogen) atoms. The van der Waals surface area contributed by atoms with Gasteiger partial charge >= 0.3 is 6.61 Å². The second-order valence-electron chi connectivity index (χ2n) is 6.09. The molecular weight excluding hydrogens is 362 g/mol. The molecule has 0 unspecified atom stereocenters. The van der Waals surface area contributed by atoms with Gasteiger partial charge in [-0.1, -0.05) is 0 Å². The van der Waals surface area contributed by atoms with E-state index in [4.69, 9.17) is 19.9 Å². The molecule has 0 atom stereocenters. The molecule has 0 aliphatic carbocycles. The summed E-state index contributed by atoms with van der Waals surface area (Å²) in [6.07, 6.45) is 2.39. The predicted octanol–water partition coefficient (Wildman–Crippen LogP) is 2.28. The van der Waals surface area contributed by atoms with Crippen LogP contribution in [0.3, 0.4) is 0 Å². The van der Waals surface area contributed by atoms with Crippen LogP contribution in [-0.2, 0) is 4.74 Å². The number of rotatable bonds is 9. The van der Waals surface area contributed by atoms with E-state index in [0.717, 1.165) is 19.3 Å².